The van der Waals surface area contributed by atoms with Crippen LogP contribution in [-0.2, 0) is 13.6 Å². The van der Waals surface area contributed by atoms with E-state index in [0.29, 0.717) is 11.6 Å². The Morgan fingerprint density at radius 2 is 2.14 bits per heavy atom. The molecule has 2 heterocycles. The maximum Gasteiger partial charge on any atom is 0.273 e. The van der Waals surface area contributed by atoms with Gasteiger partial charge in [0.05, 0.1) is 20.9 Å². The van der Waals surface area contributed by atoms with Gasteiger partial charge in [-0.05, 0) is 36.2 Å². The van der Waals surface area contributed by atoms with E-state index in [-0.39, 0.29) is 11.6 Å². The normalized spacial score (nSPS) is 10.9. The van der Waals surface area contributed by atoms with Crippen molar-refractivity contribution < 1.29 is 4.79 Å². The van der Waals surface area contributed by atoms with Crippen molar-refractivity contribution in [1.29, 1.82) is 0 Å². The van der Waals surface area contributed by atoms with Crippen LogP contribution >= 0.6 is 27.5 Å². The van der Waals surface area contributed by atoms with Gasteiger partial charge in [-0.2, -0.15) is 10.2 Å². The van der Waals surface area contributed by atoms with Gasteiger partial charge < -0.3 is 5.32 Å². The highest BCUT2D eigenvalue weighted by Gasteiger charge is 2.17. The van der Waals surface area contributed by atoms with Crippen molar-refractivity contribution in [3.63, 3.8) is 0 Å². The monoisotopic (exact) mass is 373 g/mol. The van der Waals surface area contributed by atoms with Crippen LogP contribution in [0.4, 0.5) is 0 Å². The van der Waals surface area contributed by atoms with Crippen molar-refractivity contribution in [3.8, 4) is 0 Å². The molecule has 0 aromatic carbocycles. The Morgan fingerprint density at radius 3 is 2.67 bits per heavy atom. The molecule has 0 radical (unpaired) electrons. The summed E-state index contributed by atoms with van der Waals surface area (Å²) in [4.78, 5) is 12.0. The quantitative estimate of drug-likeness (QED) is 0.818. The van der Waals surface area contributed by atoms with Crippen molar-refractivity contribution in [2.75, 3.05) is 6.54 Å². The highest BCUT2D eigenvalue weighted by atomic mass is 79.9. The zero-order chi connectivity index (χ0) is 15.6. The van der Waals surface area contributed by atoms with E-state index in [0.717, 1.165) is 28.8 Å². The zero-order valence-corrected chi connectivity index (χ0v) is 14.5. The van der Waals surface area contributed by atoms with Crippen LogP contribution in [0.2, 0.25) is 5.02 Å². The fraction of sp³-hybridized carbons (Fsp3) is 0.462. The van der Waals surface area contributed by atoms with E-state index >= 15 is 0 Å². The molecule has 0 spiro atoms. The lowest BCUT2D eigenvalue weighted by molar-refractivity contribution is 0.0947. The standard InChI is InChI=1S/C13H17BrClN5O/c1-8-10(14)7-20(17-8)6-4-5-16-13(21)12-11(15)9(2)19(3)18-12/h7H,4-6H2,1-3H3,(H,16,21). The molecule has 0 unspecified atom stereocenters. The van der Waals surface area contributed by atoms with Gasteiger partial charge in [-0.1, -0.05) is 11.6 Å². The van der Waals surface area contributed by atoms with Crippen molar-refractivity contribution in [2.24, 2.45) is 7.05 Å². The summed E-state index contributed by atoms with van der Waals surface area (Å²) in [7, 11) is 1.76. The minimum absolute atomic E-state index is 0.249. The summed E-state index contributed by atoms with van der Waals surface area (Å²) in [6, 6.07) is 0. The molecule has 0 fully saturated rings. The number of aryl methyl sites for hydroxylation is 3. The molecule has 1 N–H and O–H groups in total. The molecule has 0 atom stereocenters. The topological polar surface area (TPSA) is 64.7 Å². The number of nitrogens with zero attached hydrogens (tertiary/aromatic N) is 4. The maximum atomic E-state index is 12.0. The second kappa shape index (κ2) is 6.62. The van der Waals surface area contributed by atoms with E-state index < -0.39 is 0 Å². The van der Waals surface area contributed by atoms with Crippen LogP contribution in [0, 0.1) is 13.8 Å². The molecule has 114 valence electrons. The fourth-order valence-electron chi connectivity index (χ4n) is 1.86. The number of carbonyl (C=O) groups excluding carboxylic acids is 1. The molecule has 6 nitrogen and oxygen atoms in total. The number of aromatic nitrogens is 4. The molecule has 0 bridgehead atoms. The maximum absolute atomic E-state index is 12.0. The Morgan fingerprint density at radius 1 is 1.43 bits per heavy atom. The summed E-state index contributed by atoms with van der Waals surface area (Å²) in [5.41, 5.74) is 2.00. The molecule has 21 heavy (non-hydrogen) atoms. The summed E-state index contributed by atoms with van der Waals surface area (Å²) in [6.07, 6.45) is 2.71. The SMILES string of the molecule is Cc1nn(CCCNC(=O)c2nn(C)c(C)c2Cl)cc1Br. The highest BCUT2D eigenvalue weighted by Crippen LogP contribution is 2.18. The van der Waals surface area contributed by atoms with Crippen LogP contribution < -0.4 is 5.32 Å². The number of rotatable bonds is 5. The van der Waals surface area contributed by atoms with Crippen LogP contribution in [0.3, 0.4) is 0 Å². The van der Waals surface area contributed by atoms with Crippen molar-refractivity contribution >= 4 is 33.4 Å². The van der Waals surface area contributed by atoms with Crippen LogP contribution in [0.15, 0.2) is 10.7 Å². The Bertz CT molecular complexity index is 644. The summed E-state index contributed by atoms with van der Waals surface area (Å²) in [6.45, 7) is 5.04. The number of hydrogen-bond donors (Lipinski definition) is 1. The molecular weight excluding hydrogens is 358 g/mol. The van der Waals surface area contributed by atoms with Gasteiger partial charge in [0.15, 0.2) is 5.69 Å². The van der Waals surface area contributed by atoms with Gasteiger partial charge >= 0.3 is 0 Å². The first-order chi connectivity index (χ1) is 9.90. The number of hydrogen-bond acceptors (Lipinski definition) is 3. The van der Waals surface area contributed by atoms with Gasteiger partial charge in [0.25, 0.3) is 5.91 Å². The van der Waals surface area contributed by atoms with E-state index in [2.05, 4.69) is 31.4 Å². The van der Waals surface area contributed by atoms with E-state index in [1.807, 2.05) is 24.7 Å². The van der Waals surface area contributed by atoms with Crippen molar-refractivity contribution in [3.05, 3.63) is 32.8 Å². The van der Waals surface area contributed by atoms with E-state index in [1.54, 1.807) is 11.7 Å². The molecule has 0 aliphatic rings. The molecule has 0 saturated heterocycles. The molecule has 1 amide bonds. The van der Waals surface area contributed by atoms with Crippen LogP contribution in [0.5, 0.6) is 0 Å². The minimum atomic E-state index is -0.249. The third-order valence-corrected chi connectivity index (χ3v) is 4.44. The second-order valence-electron chi connectivity index (χ2n) is 4.81. The molecular formula is C13H17BrClN5O. The predicted octanol–water partition coefficient (Wildman–Crippen LogP) is 2.47. The zero-order valence-electron chi connectivity index (χ0n) is 12.2. The lowest BCUT2D eigenvalue weighted by Gasteiger charge is -2.04. The van der Waals surface area contributed by atoms with Crippen LogP contribution in [0.1, 0.15) is 28.3 Å². The molecule has 0 saturated carbocycles. The summed E-state index contributed by atoms with van der Waals surface area (Å²) in [5.74, 6) is -0.249. The summed E-state index contributed by atoms with van der Waals surface area (Å²) in [5, 5.41) is 11.7. The van der Waals surface area contributed by atoms with Gasteiger partial charge in [0.1, 0.15) is 0 Å². The largest absolute Gasteiger partial charge is 0.351 e. The average molecular weight is 375 g/mol. The van der Waals surface area contributed by atoms with Crippen LogP contribution in [-0.4, -0.2) is 32.0 Å². The molecule has 8 heteroatoms. The lowest BCUT2D eigenvalue weighted by atomic mass is 10.3. The van der Waals surface area contributed by atoms with Crippen molar-refractivity contribution in [2.45, 2.75) is 26.8 Å². The van der Waals surface area contributed by atoms with Gasteiger partial charge in [-0.3, -0.25) is 14.2 Å². The first kappa shape index (κ1) is 16.0. The predicted molar refractivity (Wildman–Crippen MR) is 84.6 cm³/mol. The lowest BCUT2D eigenvalue weighted by Crippen LogP contribution is -2.26. The molecule has 0 aliphatic carbocycles. The first-order valence-electron chi connectivity index (χ1n) is 6.57. The van der Waals surface area contributed by atoms with Gasteiger partial charge in [0.2, 0.25) is 0 Å². The number of carbonyl (C=O) groups is 1. The minimum Gasteiger partial charge on any atom is -0.351 e. The molecule has 2 rings (SSSR count). The van der Waals surface area contributed by atoms with Gasteiger partial charge in [-0.15, -0.1) is 0 Å². The highest BCUT2D eigenvalue weighted by molar-refractivity contribution is 9.10. The summed E-state index contributed by atoms with van der Waals surface area (Å²) < 4.78 is 4.44. The Kier molecular flexibility index (Phi) is 5.05. The smallest absolute Gasteiger partial charge is 0.273 e. The number of amides is 1. The van der Waals surface area contributed by atoms with E-state index in [1.165, 1.54) is 0 Å². The molecule has 0 aliphatic heterocycles. The van der Waals surface area contributed by atoms with Gasteiger partial charge in [0, 0.05) is 26.3 Å². The van der Waals surface area contributed by atoms with E-state index in [9.17, 15) is 4.79 Å². The van der Waals surface area contributed by atoms with Gasteiger partial charge in [-0.25, -0.2) is 0 Å². The van der Waals surface area contributed by atoms with Crippen LogP contribution in [0.25, 0.3) is 0 Å². The molecule has 2 aromatic rings. The number of halogens is 2. The first-order valence-corrected chi connectivity index (χ1v) is 7.74. The third-order valence-electron chi connectivity index (χ3n) is 3.21. The average Bonchev–Trinajstić information content (AvgIpc) is 2.89. The van der Waals surface area contributed by atoms with E-state index in [4.69, 9.17) is 11.6 Å². The second-order valence-corrected chi connectivity index (χ2v) is 6.04. The Balaban J connectivity index is 1.83. The number of nitrogens with one attached hydrogen (secondary N) is 1. The molecule has 2 aromatic heterocycles. The fourth-order valence-corrected chi connectivity index (χ4v) is 2.42. The third kappa shape index (κ3) is 3.65. The summed E-state index contributed by atoms with van der Waals surface area (Å²) >= 11 is 9.49. The Labute approximate surface area is 136 Å². The Hall–Kier alpha value is -1.34. The van der Waals surface area contributed by atoms with Crippen molar-refractivity contribution in [1.82, 2.24) is 24.9 Å².